The molecule has 3 rings (SSSR count). The highest BCUT2D eigenvalue weighted by Crippen LogP contribution is 2.29. The first kappa shape index (κ1) is 22.8. The van der Waals surface area contributed by atoms with E-state index < -0.39 is 23.6 Å². The first-order valence-corrected chi connectivity index (χ1v) is 9.57. The molecule has 2 N–H and O–H groups in total. The summed E-state index contributed by atoms with van der Waals surface area (Å²) in [4.78, 5) is 23.3. The highest BCUT2D eigenvalue weighted by atomic mass is 19.4. The van der Waals surface area contributed by atoms with Crippen LogP contribution in [0.2, 0.25) is 0 Å². The maximum atomic E-state index is 12.8. The summed E-state index contributed by atoms with van der Waals surface area (Å²) in [6.45, 7) is 3.68. The third-order valence-corrected chi connectivity index (χ3v) is 4.83. The Morgan fingerprint density at radius 2 is 1.81 bits per heavy atom. The molecule has 1 aromatic heterocycles. The SMILES string of the molecule is Cc1cc(/C=N/NC(=O)Cc2cccc(C(F)(F)F)c2)c(C)n1-c1cccc(C(=O)O)c1. The Kier molecular flexibility index (Phi) is 6.47. The zero-order valence-electron chi connectivity index (χ0n) is 17.3. The van der Waals surface area contributed by atoms with Gasteiger partial charge in [0, 0.05) is 22.6 Å². The number of aryl methyl sites for hydroxylation is 1. The molecule has 166 valence electrons. The number of carboxylic acid groups (broad SMARTS) is 1. The predicted octanol–water partition coefficient (Wildman–Crippen LogP) is 4.50. The average Bonchev–Trinajstić information content (AvgIpc) is 3.01. The van der Waals surface area contributed by atoms with Crippen molar-refractivity contribution in [3.8, 4) is 5.69 Å². The zero-order chi connectivity index (χ0) is 23.5. The van der Waals surface area contributed by atoms with Crippen molar-refractivity contribution in [1.29, 1.82) is 0 Å². The minimum atomic E-state index is -4.48. The second-order valence-corrected chi connectivity index (χ2v) is 7.19. The van der Waals surface area contributed by atoms with Gasteiger partial charge in [0.05, 0.1) is 23.8 Å². The number of carbonyl (C=O) groups is 2. The van der Waals surface area contributed by atoms with Crippen LogP contribution in [0.4, 0.5) is 13.2 Å². The topological polar surface area (TPSA) is 83.7 Å². The molecule has 0 radical (unpaired) electrons. The number of hydrogen-bond acceptors (Lipinski definition) is 3. The molecule has 0 fully saturated rings. The van der Waals surface area contributed by atoms with Crippen molar-refractivity contribution in [3.63, 3.8) is 0 Å². The number of rotatable bonds is 6. The Labute approximate surface area is 182 Å². The second-order valence-electron chi connectivity index (χ2n) is 7.19. The van der Waals surface area contributed by atoms with Crippen molar-refractivity contribution in [2.75, 3.05) is 0 Å². The summed E-state index contributed by atoms with van der Waals surface area (Å²) < 4.78 is 40.3. The minimum Gasteiger partial charge on any atom is -0.478 e. The van der Waals surface area contributed by atoms with Crippen LogP contribution in [-0.2, 0) is 17.4 Å². The minimum absolute atomic E-state index is 0.159. The fourth-order valence-electron chi connectivity index (χ4n) is 3.35. The van der Waals surface area contributed by atoms with Crippen LogP contribution in [0.1, 0.15) is 38.4 Å². The fourth-order valence-corrected chi connectivity index (χ4v) is 3.35. The molecule has 6 nitrogen and oxygen atoms in total. The van der Waals surface area contributed by atoms with Crippen molar-refractivity contribution >= 4 is 18.1 Å². The highest BCUT2D eigenvalue weighted by molar-refractivity contribution is 5.88. The Morgan fingerprint density at radius 1 is 1.09 bits per heavy atom. The lowest BCUT2D eigenvalue weighted by Gasteiger charge is -2.10. The summed E-state index contributed by atoms with van der Waals surface area (Å²) in [5, 5.41) is 13.1. The van der Waals surface area contributed by atoms with E-state index >= 15 is 0 Å². The van der Waals surface area contributed by atoms with Gasteiger partial charge in [0.1, 0.15) is 0 Å². The molecule has 1 amide bonds. The molecule has 0 bridgehead atoms. The maximum Gasteiger partial charge on any atom is 0.416 e. The summed E-state index contributed by atoms with van der Waals surface area (Å²) in [7, 11) is 0. The number of halogens is 3. The lowest BCUT2D eigenvalue weighted by Crippen LogP contribution is -2.20. The van der Waals surface area contributed by atoms with Crippen LogP contribution >= 0.6 is 0 Å². The molecule has 3 aromatic rings. The fraction of sp³-hybridized carbons (Fsp3) is 0.174. The molecule has 0 saturated carbocycles. The molecule has 0 saturated heterocycles. The van der Waals surface area contributed by atoms with Crippen LogP contribution in [0, 0.1) is 13.8 Å². The lowest BCUT2D eigenvalue weighted by molar-refractivity contribution is -0.137. The summed E-state index contributed by atoms with van der Waals surface area (Å²) >= 11 is 0. The monoisotopic (exact) mass is 443 g/mol. The van der Waals surface area contributed by atoms with Gasteiger partial charge in [-0.3, -0.25) is 4.79 Å². The molecule has 1 heterocycles. The van der Waals surface area contributed by atoms with Crippen LogP contribution in [0.5, 0.6) is 0 Å². The zero-order valence-corrected chi connectivity index (χ0v) is 17.3. The number of carboxylic acids is 1. The van der Waals surface area contributed by atoms with Gasteiger partial charge in [0.15, 0.2) is 0 Å². The quantitative estimate of drug-likeness (QED) is 0.435. The van der Waals surface area contributed by atoms with E-state index in [-0.39, 0.29) is 17.5 Å². The maximum absolute atomic E-state index is 12.8. The number of nitrogens with one attached hydrogen (secondary N) is 1. The number of aromatic carboxylic acids is 1. The van der Waals surface area contributed by atoms with E-state index in [1.165, 1.54) is 24.4 Å². The first-order chi connectivity index (χ1) is 15.1. The Balaban J connectivity index is 1.71. The van der Waals surface area contributed by atoms with Crippen LogP contribution in [-0.4, -0.2) is 27.8 Å². The number of amides is 1. The van der Waals surface area contributed by atoms with Gasteiger partial charge >= 0.3 is 12.1 Å². The molecule has 0 atom stereocenters. The predicted molar refractivity (Wildman–Crippen MR) is 113 cm³/mol. The van der Waals surface area contributed by atoms with E-state index in [0.29, 0.717) is 11.3 Å². The molecule has 2 aromatic carbocycles. The number of carbonyl (C=O) groups excluding carboxylic acids is 1. The van der Waals surface area contributed by atoms with Crippen molar-refractivity contribution < 1.29 is 27.9 Å². The molecule has 0 spiro atoms. The molecule has 0 aliphatic carbocycles. The largest absolute Gasteiger partial charge is 0.478 e. The number of hydrazone groups is 1. The number of hydrogen-bond donors (Lipinski definition) is 2. The molecule has 0 aliphatic heterocycles. The van der Waals surface area contributed by atoms with E-state index in [1.54, 1.807) is 18.2 Å². The van der Waals surface area contributed by atoms with Crippen molar-refractivity contribution in [1.82, 2.24) is 9.99 Å². The standard InChI is InChI=1S/C23H20F3N3O3/c1-14-9-18(15(2)29(14)20-8-4-6-17(12-20)22(31)32)13-27-28-21(30)11-16-5-3-7-19(10-16)23(24,25)26/h3-10,12-13H,11H2,1-2H3,(H,28,30)(H,31,32)/b27-13+. The summed E-state index contributed by atoms with van der Waals surface area (Å²) in [6.07, 6.45) is -3.29. The number of alkyl halides is 3. The molecule has 32 heavy (non-hydrogen) atoms. The van der Waals surface area contributed by atoms with Crippen molar-refractivity contribution in [2.45, 2.75) is 26.4 Å². The average molecular weight is 443 g/mol. The smallest absolute Gasteiger partial charge is 0.416 e. The number of benzene rings is 2. The Bertz CT molecular complexity index is 1200. The number of nitrogens with zero attached hydrogens (tertiary/aromatic N) is 2. The van der Waals surface area contributed by atoms with Gasteiger partial charge in [-0.1, -0.05) is 24.3 Å². The molecular formula is C23H20F3N3O3. The molecule has 0 aliphatic rings. The second kappa shape index (κ2) is 9.09. The molecule has 9 heteroatoms. The van der Waals surface area contributed by atoms with Crippen LogP contribution in [0.15, 0.2) is 59.7 Å². The van der Waals surface area contributed by atoms with Gasteiger partial charge in [-0.05, 0) is 49.7 Å². The van der Waals surface area contributed by atoms with Gasteiger partial charge < -0.3 is 9.67 Å². The Hall–Kier alpha value is -3.88. The normalized spacial score (nSPS) is 11.7. The summed E-state index contributed by atoms with van der Waals surface area (Å²) in [5.74, 6) is -1.58. The summed E-state index contributed by atoms with van der Waals surface area (Å²) in [5.41, 5.74) is 4.88. The number of aromatic nitrogens is 1. The van der Waals surface area contributed by atoms with Crippen LogP contribution < -0.4 is 5.43 Å². The highest BCUT2D eigenvalue weighted by Gasteiger charge is 2.30. The van der Waals surface area contributed by atoms with Gasteiger partial charge in [-0.15, -0.1) is 0 Å². The van der Waals surface area contributed by atoms with Crippen molar-refractivity contribution in [3.05, 3.63) is 88.2 Å². The van der Waals surface area contributed by atoms with Gasteiger partial charge in [0.2, 0.25) is 5.91 Å². The van der Waals surface area contributed by atoms with E-state index in [0.717, 1.165) is 23.5 Å². The Morgan fingerprint density at radius 3 is 2.50 bits per heavy atom. The summed E-state index contributed by atoms with van der Waals surface area (Å²) in [6, 6.07) is 12.9. The van der Waals surface area contributed by atoms with E-state index in [2.05, 4.69) is 10.5 Å². The van der Waals surface area contributed by atoms with Crippen LogP contribution in [0.3, 0.4) is 0 Å². The van der Waals surface area contributed by atoms with Gasteiger partial charge in [-0.25, -0.2) is 10.2 Å². The van der Waals surface area contributed by atoms with Gasteiger partial charge in [-0.2, -0.15) is 18.3 Å². The van der Waals surface area contributed by atoms with E-state index in [4.69, 9.17) is 0 Å². The first-order valence-electron chi connectivity index (χ1n) is 9.57. The molecule has 0 unspecified atom stereocenters. The van der Waals surface area contributed by atoms with Crippen LogP contribution in [0.25, 0.3) is 5.69 Å². The van der Waals surface area contributed by atoms with Gasteiger partial charge in [0.25, 0.3) is 0 Å². The lowest BCUT2D eigenvalue weighted by atomic mass is 10.1. The molecular weight excluding hydrogens is 423 g/mol. The third-order valence-electron chi connectivity index (χ3n) is 4.83. The third kappa shape index (κ3) is 5.23. The van der Waals surface area contributed by atoms with E-state index in [9.17, 15) is 27.9 Å². The van der Waals surface area contributed by atoms with Crippen molar-refractivity contribution in [2.24, 2.45) is 5.10 Å². The van der Waals surface area contributed by atoms with E-state index in [1.807, 2.05) is 24.5 Å².